The maximum Gasteiger partial charge on any atom is 0.266 e. The van der Waals surface area contributed by atoms with Gasteiger partial charge in [0.05, 0.1) is 0 Å². The molecule has 0 unspecified atom stereocenters. The van der Waals surface area contributed by atoms with Gasteiger partial charge in [0.25, 0.3) is 27.8 Å². The van der Waals surface area contributed by atoms with Gasteiger partial charge in [-0.1, -0.05) is 0 Å². The summed E-state index contributed by atoms with van der Waals surface area (Å²) in [5, 5.41) is 44.0. The topological polar surface area (TPSA) is 348 Å². The van der Waals surface area contributed by atoms with Crippen molar-refractivity contribution in [3.63, 3.8) is 0 Å². The Bertz CT molecular complexity index is 3700. The van der Waals surface area contributed by atoms with Gasteiger partial charge in [0.15, 0.2) is 0 Å². The largest absolute Gasteiger partial charge is 0.325 e. The maximum absolute atomic E-state index is 11.4. The van der Waals surface area contributed by atoms with E-state index < -0.39 is 0 Å². The Labute approximate surface area is 456 Å². The molecular formula is C60H45N15O5. The Morgan fingerprint density at radius 3 is 0.537 bits per heavy atom. The van der Waals surface area contributed by atoms with E-state index in [-0.39, 0.29) is 55.6 Å². The van der Waals surface area contributed by atoms with Crippen molar-refractivity contribution in [3.8, 4) is 86.0 Å². The molecule has 0 amide bonds. The van der Waals surface area contributed by atoms with E-state index in [4.69, 9.17) is 26.3 Å². The molecule has 20 heteroatoms. The number of hydrogen-bond donors (Lipinski definition) is 5. The number of H-pyrrole nitrogens is 5. The minimum absolute atomic E-state index is 0.123. The van der Waals surface area contributed by atoms with Crippen LogP contribution in [0.25, 0.3) is 55.6 Å². The lowest BCUT2D eigenvalue weighted by Crippen LogP contribution is -2.11. The van der Waals surface area contributed by atoms with Crippen LogP contribution in [-0.2, 0) is 0 Å². The monoisotopic (exact) mass is 1060 g/mol. The Morgan fingerprint density at radius 1 is 0.275 bits per heavy atom. The fourth-order valence-electron chi connectivity index (χ4n) is 7.69. The van der Waals surface area contributed by atoms with Crippen molar-refractivity contribution in [1.29, 1.82) is 26.3 Å². The number of nitrogens with one attached hydrogen (secondary N) is 5. The molecule has 0 atom stereocenters. The van der Waals surface area contributed by atoms with Crippen LogP contribution in [-0.4, -0.2) is 49.8 Å². The van der Waals surface area contributed by atoms with Gasteiger partial charge in [0.1, 0.15) is 58.2 Å². The normalized spacial score (nSPS) is 9.75. The summed E-state index contributed by atoms with van der Waals surface area (Å²) in [6.45, 7) is 9.02. The smallest absolute Gasteiger partial charge is 0.266 e. The number of nitriles is 5. The molecule has 0 aliphatic carbocycles. The van der Waals surface area contributed by atoms with Crippen molar-refractivity contribution >= 4 is 0 Å². The molecule has 10 aromatic rings. The lowest BCUT2D eigenvalue weighted by molar-refractivity contribution is 1.13. The molecule has 5 N–H and O–H groups in total. The van der Waals surface area contributed by atoms with Gasteiger partial charge in [-0.3, -0.25) is 48.9 Å². The van der Waals surface area contributed by atoms with E-state index in [1.54, 1.807) is 127 Å². The Morgan fingerprint density at radius 2 is 0.412 bits per heavy atom. The molecule has 0 aliphatic rings. The van der Waals surface area contributed by atoms with Crippen molar-refractivity contribution in [2.24, 2.45) is 0 Å². The number of rotatable bonds is 5. The molecule has 20 nitrogen and oxygen atoms in total. The molecule has 80 heavy (non-hydrogen) atoms. The number of aromatic nitrogens is 10. The van der Waals surface area contributed by atoms with E-state index in [2.05, 4.69) is 49.8 Å². The third-order valence-electron chi connectivity index (χ3n) is 11.8. The molecule has 10 heterocycles. The Kier molecular flexibility index (Phi) is 19.7. The summed E-state index contributed by atoms with van der Waals surface area (Å²) in [7, 11) is 0. The highest BCUT2D eigenvalue weighted by molar-refractivity contribution is 5.70. The van der Waals surface area contributed by atoms with Gasteiger partial charge in [0.2, 0.25) is 0 Å². The van der Waals surface area contributed by atoms with Crippen molar-refractivity contribution in [2.45, 2.75) is 34.6 Å². The number of aromatic amines is 5. The molecule has 0 aliphatic heterocycles. The minimum atomic E-state index is -0.349. The van der Waals surface area contributed by atoms with Crippen LogP contribution in [0.5, 0.6) is 0 Å². The van der Waals surface area contributed by atoms with Crippen LogP contribution in [0.4, 0.5) is 0 Å². The van der Waals surface area contributed by atoms with E-state index >= 15 is 0 Å². The predicted octanol–water partition coefficient (Wildman–Crippen LogP) is 8.09. The van der Waals surface area contributed by atoms with Crippen LogP contribution in [0.1, 0.15) is 56.3 Å². The van der Waals surface area contributed by atoms with Gasteiger partial charge in [-0.15, -0.1) is 0 Å². The summed E-state index contributed by atoms with van der Waals surface area (Å²) in [6, 6.07) is 35.7. The fourth-order valence-corrected chi connectivity index (χ4v) is 7.69. The molecule has 0 radical (unpaired) electrons. The molecule has 0 saturated heterocycles. The van der Waals surface area contributed by atoms with Gasteiger partial charge in [-0.25, -0.2) is 0 Å². The van der Waals surface area contributed by atoms with Crippen molar-refractivity contribution in [1.82, 2.24) is 49.8 Å². The first kappa shape index (κ1) is 57.2. The third-order valence-corrected chi connectivity index (χ3v) is 11.8. The average Bonchev–Trinajstić information content (AvgIpc) is 3.49. The molecule has 0 spiro atoms. The van der Waals surface area contributed by atoms with Crippen molar-refractivity contribution < 1.29 is 0 Å². The van der Waals surface area contributed by atoms with Gasteiger partial charge < -0.3 is 24.9 Å². The van der Waals surface area contributed by atoms with Crippen LogP contribution in [0.3, 0.4) is 0 Å². The summed E-state index contributed by atoms with van der Waals surface area (Å²) < 4.78 is 0. The second-order valence-corrected chi connectivity index (χ2v) is 17.0. The SMILES string of the molecule is Cc1[nH]c(=O)c(C#N)cc1-c1ccncc1.Cc1[nH]c(=O)c(C#N)cc1-c1ccncc1.Cc1[nH]c(=O)c(C#N)cc1-c1ccncc1.Cc1[nH]c(=O)c(C#N)cc1-c1ccncc1.Cc1[nH]c(=O)c(C#N)cc1-c1ccncc1. The van der Waals surface area contributed by atoms with Gasteiger partial charge in [-0.05, 0) is 153 Å². The third kappa shape index (κ3) is 14.6. The summed E-state index contributed by atoms with van der Waals surface area (Å²) in [6.07, 6.45) is 16.7. The zero-order valence-electron chi connectivity index (χ0n) is 43.4. The van der Waals surface area contributed by atoms with Crippen LogP contribution in [0, 0.1) is 91.3 Å². The molecule has 0 aromatic carbocycles. The van der Waals surface area contributed by atoms with Crippen LogP contribution in [0.2, 0.25) is 0 Å². The summed E-state index contributed by atoms with van der Waals surface area (Å²) in [5.41, 5.74) is 11.5. The minimum Gasteiger partial charge on any atom is -0.325 e. The quantitative estimate of drug-likeness (QED) is 0.109. The van der Waals surface area contributed by atoms with Crippen LogP contribution in [0.15, 0.2) is 177 Å². The fraction of sp³-hybridized carbons (Fsp3) is 0.0833. The number of nitrogens with zero attached hydrogens (tertiary/aromatic N) is 10. The average molecular weight is 1060 g/mol. The Hall–Kier alpha value is -12.1. The van der Waals surface area contributed by atoms with E-state index in [9.17, 15) is 24.0 Å². The van der Waals surface area contributed by atoms with Crippen LogP contribution >= 0.6 is 0 Å². The van der Waals surface area contributed by atoms with Crippen molar-refractivity contribution in [3.05, 3.63) is 261 Å². The summed E-state index contributed by atoms with van der Waals surface area (Å²) in [4.78, 5) is 89.7. The second-order valence-electron chi connectivity index (χ2n) is 17.0. The summed E-state index contributed by atoms with van der Waals surface area (Å²) >= 11 is 0. The Balaban J connectivity index is 0.000000161. The maximum atomic E-state index is 11.4. The summed E-state index contributed by atoms with van der Waals surface area (Å²) in [5.74, 6) is 0. The zero-order chi connectivity index (χ0) is 57.7. The number of aryl methyl sites for hydroxylation is 5. The highest BCUT2D eigenvalue weighted by Gasteiger charge is 2.11. The first-order chi connectivity index (χ1) is 38.6. The molecule has 390 valence electrons. The number of hydrogen-bond acceptors (Lipinski definition) is 15. The second kappa shape index (κ2) is 27.5. The lowest BCUT2D eigenvalue weighted by atomic mass is 10.0. The number of pyridine rings is 10. The highest BCUT2D eigenvalue weighted by Crippen LogP contribution is 2.24. The first-order valence-electron chi connectivity index (χ1n) is 23.8. The van der Waals surface area contributed by atoms with Crippen molar-refractivity contribution in [2.75, 3.05) is 0 Å². The molecule has 0 bridgehead atoms. The lowest BCUT2D eigenvalue weighted by Gasteiger charge is -2.05. The molecule has 0 saturated carbocycles. The first-order valence-corrected chi connectivity index (χ1v) is 23.8. The van der Waals surface area contributed by atoms with E-state index in [1.165, 1.54) is 0 Å². The van der Waals surface area contributed by atoms with E-state index in [0.717, 1.165) is 84.1 Å². The molecule has 10 rings (SSSR count). The molecular weight excluding hydrogens is 1010 g/mol. The van der Waals surface area contributed by atoms with Crippen LogP contribution < -0.4 is 27.8 Å². The van der Waals surface area contributed by atoms with E-state index in [0.29, 0.717) is 0 Å². The standard InChI is InChI=1S/5C12H9N3O/c5*1-8-11(9-2-4-14-5-3-9)6-10(7-13)12(16)15-8/h5*2-6H,1H3,(H,15,16). The predicted molar refractivity (Wildman–Crippen MR) is 299 cm³/mol. The zero-order valence-corrected chi connectivity index (χ0v) is 43.4. The van der Waals surface area contributed by atoms with E-state index in [1.807, 2.05) is 91.0 Å². The van der Waals surface area contributed by atoms with Gasteiger partial charge >= 0.3 is 0 Å². The van der Waals surface area contributed by atoms with Gasteiger partial charge in [0, 0.05) is 118 Å². The highest BCUT2D eigenvalue weighted by atomic mass is 16.1. The van der Waals surface area contributed by atoms with Gasteiger partial charge in [-0.2, -0.15) is 26.3 Å². The molecule has 10 aromatic heterocycles. The molecule has 0 fully saturated rings.